The second-order valence-corrected chi connectivity index (χ2v) is 7.98. The molecule has 1 heterocycles. The summed E-state index contributed by atoms with van der Waals surface area (Å²) in [6.45, 7) is 5.12. The van der Waals surface area contributed by atoms with Gasteiger partial charge in [-0.1, -0.05) is 63.0 Å². The lowest BCUT2D eigenvalue weighted by Crippen LogP contribution is -2.32. The Labute approximate surface area is 140 Å². The first-order valence-corrected chi connectivity index (χ1v) is 10.00. The van der Waals surface area contributed by atoms with E-state index in [-0.39, 0.29) is 0 Å². The third-order valence-corrected chi connectivity index (χ3v) is 6.44. The summed E-state index contributed by atoms with van der Waals surface area (Å²) in [5, 5.41) is 4.37. The molecule has 1 atom stereocenters. The van der Waals surface area contributed by atoms with E-state index in [9.17, 15) is 0 Å². The molecule has 1 N–H and O–H groups in total. The van der Waals surface area contributed by atoms with Gasteiger partial charge >= 0.3 is 0 Å². The lowest BCUT2D eigenvalue weighted by molar-refractivity contribution is 0.330. The number of thioether (sulfide) groups is 1. The SMILES string of the molecule is C=Cc1cccc2c1CSC(NCCCC1CCCCC1)C2. The van der Waals surface area contributed by atoms with Crippen molar-refractivity contribution >= 4 is 17.8 Å². The zero-order valence-electron chi connectivity index (χ0n) is 13.7. The van der Waals surface area contributed by atoms with Crippen LogP contribution in [0.15, 0.2) is 24.8 Å². The Morgan fingerprint density at radius 2 is 2.09 bits per heavy atom. The van der Waals surface area contributed by atoms with Gasteiger partial charge in [0.1, 0.15) is 0 Å². The van der Waals surface area contributed by atoms with Gasteiger partial charge in [-0.2, -0.15) is 0 Å². The Morgan fingerprint density at radius 3 is 2.91 bits per heavy atom. The molecule has 1 aliphatic heterocycles. The van der Waals surface area contributed by atoms with Crippen molar-refractivity contribution in [1.29, 1.82) is 0 Å². The molecule has 120 valence electrons. The van der Waals surface area contributed by atoms with Crippen molar-refractivity contribution in [3.05, 3.63) is 41.5 Å². The molecular weight excluding hydrogens is 286 g/mol. The number of hydrogen-bond donors (Lipinski definition) is 1. The summed E-state index contributed by atoms with van der Waals surface area (Å²) in [6, 6.07) is 6.65. The van der Waals surface area contributed by atoms with Crippen molar-refractivity contribution in [3.8, 4) is 0 Å². The molecule has 0 aromatic heterocycles. The molecule has 1 saturated carbocycles. The van der Waals surface area contributed by atoms with Gasteiger partial charge in [0.15, 0.2) is 0 Å². The normalized spacial score (nSPS) is 22.3. The monoisotopic (exact) mass is 315 g/mol. The topological polar surface area (TPSA) is 12.0 Å². The van der Waals surface area contributed by atoms with Gasteiger partial charge in [0.25, 0.3) is 0 Å². The van der Waals surface area contributed by atoms with Crippen LogP contribution in [-0.4, -0.2) is 11.9 Å². The standard InChI is InChI=1S/C20H29NS/c1-2-17-11-6-12-18-14-20(22-15-19(17)18)21-13-7-10-16-8-4-3-5-9-16/h2,6,11-12,16,20-21H,1,3-5,7-10,13-15H2. The highest BCUT2D eigenvalue weighted by Gasteiger charge is 2.20. The molecule has 3 rings (SSSR count). The summed E-state index contributed by atoms with van der Waals surface area (Å²) in [6.07, 6.45) is 13.3. The number of hydrogen-bond acceptors (Lipinski definition) is 2. The minimum atomic E-state index is 0.596. The zero-order chi connectivity index (χ0) is 15.2. The van der Waals surface area contributed by atoms with Gasteiger partial charge in [0, 0.05) is 5.75 Å². The maximum Gasteiger partial charge on any atom is 0.0576 e. The fourth-order valence-electron chi connectivity index (χ4n) is 3.92. The summed E-state index contributed by atoms with van der Waals surface area (Å²) >= 11 is 2.06. The summed E-state index contributed by atoms with van der Waals surface area (Å²) in [4.78, 5) is 0. The summed E-state index contributed by atoms with van der Waals surface area (Å²) in [5.41, 5.74) is 4.34. The molecule has 1 unspecified atom stereocenters. The Kier molecular flexibility index (Phi) is 6.03. The molecular formula is C20H29NS. The predicted molar refractivity (Wildman–Crippen MR) is 99.1 cm³/mol. The van der Waals surface area contributed by atoms with Crippen LogP contribution in [0.25, 0.3) is 6.08 Å². The molecule has 1 fully saturated rings. The average Bonchev–Trinajstić information content (AvgIpc) is 2.59. The van der Waals surface area contributed by atoms with Crippen LogP contribution in [0.3, 0.4) is 0 Å². The predicted octanol–water partition coefficient (Wildman–Crippen LogP) is 5.40. The van der Waals surface area contributed by atoms with Crippen LogP contribution in [0.2, 0.25) is 0 Å². The van der Waals surface area contributed by atoms with Crippen LogP contribution in [-0.2, 0) is 12.2 Å². The van der Waals surface area contributed by atoms with E-state index in [1.807, 2.05) is 6.08 Å². The highest BCUT2D eigenvalue weighted by molar-refractivity contribution is 7.99. The first kappa shape index (κ1) is 16.1. The Balaban J connectivity index is 1.42. The van der Waals surface area contributed by atoms with Gasteiger partial charge in [0.05, 0.1) is 5.37 Å². The van der Waals surface area contributed by atoms with Gasteiger partial charge < -0.3 is 5.32 Å². The highest BCUT2D eigenvalue weighted by Crippen LogP contribution is 2.32. The quantitative estimate of drug-likeness (QED) is 0.706. The van der Waals surface area contributed by atoms with Crippen molar-refractivity contribution in [1.82, 2.24) is 5.32 Å². The van der Waals surface area contributed by atoms with E-state index >= 15 is 0 Å². The Bertz CT molecular complexity index is 490. The summed E-state index contributed by atoms with van der Waals surface area (Å²) in [5.74, 6) is 2.14. The minimum Gasteiger partial charge on any atom is -0.305 e. The summed E-state index contributed by atoms with van der Waals surface area (Å²) in [7, 11) is 0. The van der Waals surface area contributed by atoms with Crippen molar-refractivity contribution in [2.45, 2.75) is 62.5 Å². The molecule has 0 spiro atoms. The second-order valence-electron chi connectivity index (χ2n) is 6.79. The summed E-state index contributed by atoms with van der Waals surface area (Å²) < 4.78 is 0. The molecule has 0 saturated heterocycles. The van der Waals surface area contributed by atoms with E-state index < -0.39 is 0 Å². The van der Waals surface area contributed by atoms with Crippen LogP contribution in [0, 0.1) is 5.92 Å². The van der Waals surface area contributed by atoms with Crippen molar-refractivity contribution < 1.29 is 0 Å². The maximum absolute atomic E-state index is 3.94. The average molecular weight is 316 g/mol. The highest BCUT2D eigenvalue weighted by atomic mass is 32.2. The number of benzene rings is 1. The van der Waals surface area contributed by atoms with Gasteiger partial charge in [0.2, 0.25) is 0 Å². The van der Waals surface area contributed by atoms with Crippen molar-refractivity contribution in [3.63, 3.8) is 0 Å². The van der Waals surface area contributed by atoms with E-state index in [2.05, 4.69) is 41.9 Å². The van der Waals surface area contributed by atoms with Crippen LogP contribution < -0.4 is 5.32 Å². The van der Waals surface area contributed by atoms with Crippen LogP contribution in [0.5, 0.6) is 0 Å². The molecule has 0 bridgehead atoms. The Hall–Kier alpha value is -0.730. The lowest BCUT2D eigenvalue weighted by Gasteiger charge is -2.27. The second kappa shape index (κ2) is 8.21. The van der Waals surface area contributed by atoms with Gasteiger partial charge in [-0.3, -0.25) is 0 Å². The smallest absolute Gasteiger partial charge is 0.0576 e. The van der Waals surface area contributed by atoms with Gasteiger partial charge in [-0.05, 0) is 48.4 Å². The minimum absolute atomic E-state index is 0.596. The van der Waals surface area contributed by atoms with Crippen molar-refractivity contribution in [2.24, 2.45) is 5.92 Å². The third-order valence-electron chi connectivity index (χ3n) is 5.25. The van der Waals surface area contributed by atoms with Crippen LogP contribution in [0.1, 0.15) is 61.6 Å². The number of nitrogens with one attached hydrogen (secondary N) is 1. The third kappa shape index (κ3) is 4.17. The van der Waals surface area contributed by atoms with Gasteiger partial charge in [-0.15, -0.1) is 11.8 Å². The van der Waals surface area contributed by atoms with Gasteiger partial charge in [-0.25, -0.2) is 0 Å². The largest absolute Gasteiger partial charge is 0.305 e. The van der Waals surface area contributed by atoms with E-state index in [1.54, 1.807) is 0 Å². The molecule has 1 nitrogen and oxygen atoms in total. The fraction of sp³-hybridized carbons (Fsp3) is 0.600. The molecule has 2 aliphatic rings. The molecule has 0 amide bonds. The molecule has 1 aliphatic carbocycles. The number of rotatable bonds is 6. The first-order valence-electron chi connectivity index (χ1n) is 8.95. The molecule has 1 aromatic carbocycles. The van der Waals surface area contributed by atoms with E-state index in [0.29, 0.717) is 5.37 Å². The number of fused-ring (bicyclic) bond motifs is 1. The Morgan fingerprint density at radius 1 is 1.23 bits per heavy atom. The molecule has 0 radical (unpaired) electrons. The van der Waals surface area contributed by atoms with Crippen LogP contribution >= 0.6 is 11.8 Å². The maximum atomic E-state index is 3.94. The van der Waals surface area contributed by atoms with Crippen LogP contribution in [0.4, 0.5) is 0 Å². The van der Waals surface area contributed by atoms with Crippen molar-refractivity contribution in [2.75, 3.05) is 6.54 Å². The molecule has 22 heavy (non-hydrogen) atoms. The lowest BCUT2D eigenvalue weighted by atomic mass is 9.86. The first-order chi connectivity index (χ1) is 10.9. The molecule has 2 heteroatoms. The molecule has 1 aromatic rings. The van der Waals surface area contributed by atoms with E-state index in [0.717, 1.165) is 18.1 Å². The zero-order valence-corrected chi connectivity index (χ0v) is 14.5. The fourth-order valence-corrected chi connectivity index (χ4v) is 5.17. The van der Waals surface area contributed by atoms with E-state index in [1.165, 1.54) is 68.2 Å². The van der Waals surface area contributed by atoms with E-state index in [4.69, 9.17) is 0 Å².